The lowest BCUT2D eigenvalue weighted by atomic mass is 9.99. The minimum absolute atomic E-state index is 0.0167. The van der Waals surface area contributed by atoms with E-state index in [1.54, 1.807) is 0 Å². The molecule has 13 heteroatoms. The molecule has 0 unspecified atom stereocenters. The molecule has 0 aromatic rings. The molecule has 0 bridgehead atoms. The first-order chi connectivity index (χ1) is 19.5. The van der Waals surface area contributed by atoms with Crippen LogP contribution in [0.25, 0.3) is 0 Å². The molecule has 2 aliphatic heterocycles. The smallest absolute Gasteiger partial charge is 0.333 e. The highest BCUT2D eigenvalue weighted by Crippen LogP contribution is 2.37. The molecule has 2 fully saturated rings. The van der Waals surface area contributed by atoms with Crippen molar-refractivity contribution in [3.8, 4) is 0 Å². The van der Waals surface area contributed by atoms with Gasteiger partial charge in [0.15, 0.2) is 6.29 Å². The Morgan fingerprint density at radius 3 is 2.02 bits per heavy atom. The van der Waals surface area contributed by atoms with Crippen molar-refractivity contribution in [2.75, 3.05) is 19.8 Å². The number of aliphatic hydroxyl groups excluding tert-OH is 6. The largest absolute Gasteiger partial charge is 0.463 e. The molecule has 0 amide bonds. The molecule has 0 spiro atoms. The molecule has 2 rings (SSSR count). The summed E-state index contributed by atoms with van der Waals surface area (Å²) in [5, 5.41) is 61.6. The second kappa shape index (κ2) is 17.4. The number of carbonyl (C=O) groups is 2. The van der Waals surface area contributed by atoms with Crippen LogP contribution in [0.1, 0.15) is 78.1 Å². The van der Waals surface area contributed by atoms with Crippen LogP contribution < -0.4 is 0 Å². The van der Waals surface area contributed by atoms with Crippen molar-refractivity contribution in [2.24, 2.45) is 0 Å². The van der Waals surface area contributed by atoms with Crippen LogP contribution in [0.15, 0.2) is 12.2 Å². The third-order valence-corrected chi connectivity index (χ3v) is 7.32. The molecule has 2 heterocycles. The molecule has 6 N–H and O–H groups in total. The summed E-state index contributed by atoms with van der Waals surface area (Å²) in [5.74, 6) is -3.73. The van der Waals surface area contributed by atoms with Gasteiger partial charge < -0.3 is 54.3 Å². The molecule has 2 saturated heterocycles. The average molecular weight is 593 g/mol. The molecule has 0 aliphatic carbocycles. The van der Waals surface area contributed by atoms with Gasteiger partial charge in [0.1, 0.15) is 55.9 Å². The monoisotopic (exact) mass is 592 g/mol. The lowest BCUT2D eigenvalue weighted by Crippen LogP contribution is -2.62. The summed E-state index contributed by atoms with van der Waals surface area (Å²) in [7, 11) is 0. The molecule has 0 saturated carbocycles. The summed E-state index contributed by atoms with van der Waals surface area (Å²) >= 11 is 0. The van der Waals surface area contributed by atoms with Crippen LogP contribution >= 0.6 is 0 Å². The van der Waals surface area contributed by atoms with Crippen LogP contribution in [-0.2, 0) is 33.3 Å². The fraction of sp³-hybridized carbons (Fsp3) is 0.857. The summed E-state index contributed by atoms with van der Waals surface area (Å²) in [5.41, 5.74) is 0.0167. The Bertz CT molecular complexity index is 821. The van der Waals surface area contributed by atoms with E-state index in [0.717, 1.165) is 19.3 Å². The Balaban J connectivity index is 1.97. The molecular formula is C28H48O13. The molecule has 13 nitrogen and oxygen atoms in total. The number of rotatable bonds is 18. The van der Waals surface area contributed by atoms with E-state index in [-0.39, 0.29) is 12.0 Å². The zero-order valence-electron chi connectivity index (χ0n) is 24.1. The summed E-state index contributed by atoms with van der Waals surface area (Å²) in [6.07, 6.45) is -3.42. The van der Waals surface area contributed by atoms with Gasteiger partial charge in [-0.2, -0.15) is 0 Å². The van der Waals surface area contributed by atoms with Crippen molar-refractivity contribution in [3.05, 3.63) is 12.2 Å². The van der Waals surface area contributed by atoms with Gasteiger partial charge >= 0.3 is 11.9 Å². The van der Waals surface area contributed by atoms with Crippen molar-refractivity contribution in [3.63, 3.8) is 0 Å². The van der Waals surface area contributed by atoms with E-state index >= 15 is 0 Å². The Morgan fingerprint density at radius 1 is 0.829 bits per heavy atom. The molecule has 9 atom stereocenters. The Labute approximate surface area is 241 Å². The second-order valence-corrected chi connectivity index (χ2v) is 10.8. The SMILES string of the molecule is C=C(C)C(=O)OC[C@@]1(O[C@H]2O[C@H](CO)[C@@H](O)[C@H](O)[C@H]2O)O[C@H](COC(=O)CCCCCCCCCCC)[C@@H](O)[C@@H]1O. The van der Waals surface area contributed by atoms with Gasteiger partial charge in [0.2, 0.25) is 5.79 Å². The van der Waals surface area contributed by atoms with Gasteiger partial charge in [0.25, 0.3) is 0 Å². The van der Waals surface area contributed by atoms with E-state index in [4.69, 9.17) is 23.7 Å². The molecular weight excluding hydrogens is 544 g/mol. The van der Waals surface area contributed by atoms with E-state index in [1.807, 2.05) is 0 Å². The number of hydrogen-bond donors (Lipinski definition) is 6. The van der Waals surface area contributed by atoms with Gasteiger partial charge in [0.05, 0.1) is 6.61 Å². The van der Waals surface area contributed by atoms with Crippen LogP contribution in [0.3, 0.4) is 0 Å². The van der Waals surface area contributed by atoms with Crippen LogP contribution in [0.5, 0.6) is 0 Å². The van der Waals surface area contributed by atoms with Crippen molar-refractivity contribution in [1.82, 2.24) is 0 Å². The first kappa shape index (κ1) is 35.5. The van der Waals surface area contributed by atoms with E-state index in [0.29, 0.717) is 6.42 Å². The van der Waals surface area contributed by atoms with Crippen molar-refractivity contribution >= 4 is 11.9 Å². The molecule has 41 heavy (non-hydrogen) atoms. The maximum atomic E-state index is 12.3. The van der Waals surface area contributed by atoms with E-state index in [9.17, 15) is 40.2 Å². The quantitative estimate of drug-likeness (QED) is 0.0717. The zero-order valence-corrected chi connectivity index (χ0v) is 24.1. The lowest BCUT2D eigenvalue weighted by Gasteiger charge is -2.43. The summed E-state index contributed by atoms with van der Waals surface area (Å²) in [6.45, 7) is 5.01. The number of unbranched alkanes of at least 4 members (excludes halogenated alkanes) is 8. The number of esters is 2. The van der Waals surface area contributed by atoms with Gasteiger partial charge in [-0.15, -0.1) is 0 Å². The average Bonchev–Trinajstić information content (AvgIpc) is 3.18. The van der Waals surface area contributed by atoms with Crippen LogP contribution in [0, 0.1) is 0 Å². The van der Waals surface area contributed by atoms with Crippen molar-refractivity contribution in [1.29, 1.82) is 0 Å². The predicted molar refractivity (Wildman–Crippen MR) is 143 cm³/mol. The molecule has 0 radical (unpaired) electrons. The topological polar surface area (TPSA) is 202 Å². The van der Waals surface area contributed by atoms with Gasteiger partial charge in [-0.3, -0.25) is 4.79 Å². The maximum absolute atomic E-state index is 12.3. The number of hydrogen-bond acceptors (Lipinski definition) is 13. The zero-order chi connectivity index (χ0) is 30.6. The van der Waals surface area contributed by atoms with Crippen molar-refractivity contribution < 1.29 is 63.9 Å². The van der Waals surface area contributed by atoms with Gasteiger partial charge in [-0.1, -0.05) is 64.9 Å². The van der Waals surface area contributed by atoms with Crippen LogP contribution in [0.2, 0.25) is 0 Å². The Morgan fingerprint density at radius 2 is 1.44 bits per heavy atom. The summed E-state index contributed by atoms with van der Waals surface area (Å²) < 4.78 is 27.1. The highest BCUT2D eigenvalue weighted by atomic mass is 16.8. The third-order valence-electron chi connectivity index (χ3n) is 7.32. The first-order valence-corrected chi connectivity index (χ1v) is 14.5. The summed E-state index contributed by atoms with van der Waals surface area (Å²) in [4.78, 5) is 24.4. The number of carbonyl (C=O) groups excluding carboxylic acids is 2. The third kappa shape index (κ3) is 10.2. The maximum Gasteiger partial charge on any atom is 0.333 e. The fourth-order valence-electron chi connectivity index (χ4n) is 4.72. The normalized spacial score (nSPS) is 33.5. The van der Waals surface area contributed by atoms with E-state index < -0.39 is 86.6 Å². The van der Waals surface area contributed by atoms with Crippen LogP contribution in [0.4, 0.5) is 0 Å². The van der Waals surface area contributed by atoms with E-state index in [2.05, 4.69) is 13.5 Å². The van der Waals surface area contributed by atoms with Gasteiger partial charge in [-0.25, -0.2) is 4.79 Å². The lowest BCUT2D eigenvalue weighted by molar-refractivity contribution is -0.383. The minimum Gasteiger partial charge on any atom is -0.463 e. The standard InChI is InChI=1S/C28H48O13/c1-4-5-6-7-8-9-10-11-12-13-20(30)37-15-19-22(32)25(35)28(40-19,16-38-26(36)17(2)3)41-27-24(34)23(33)21(31)18(14-29)39-27/h18-19,21-25,27,29,31-35H,2,4-16H2,1,3H3/t18-,19-,21-,22-,23+,24-,25+,27-,28+/m1/s1. The predicted octanol–water partition coefficient (Wildman–Crippen LogP) is 0.203. The number of aliphatic hydroxyl groups is 6. The summed E-state index contributed by atoms with van der Waals surface area (Å²) in [6, 6.07) is 0. The Kier molecular flexibility index (Phi) is 15.1. The van der Waals surface area contributed by atoms with E-state index in [1.165, 1.54) is 39.0 Å². The highest BCUT2D eigenvalue weighted by molar-refractivity contribution is 5.86. The van der Waals surface area contributed by atoms with Gasteiger partial charge in [-0.05, 0) is 13.3 Å². The molecule has 0 aromatic heterocycles. The Hall–Kier alpha value is -1.68. The number of ether oxygens (including phenoxy) is 5. The molecule has 0 aromatic carbocycles. The highest BCUT2D eigenvalue weighted by Gasteiger charge is 2.59. The second-order valence-electron chi connectivity index (χ2n) is 10.8. The minimum atomic E-state index is -2.34. The fourth-order valence-corrected chi connectivity index (χ4v) is 4.72. The van der Waals surface area contributed by atoms with Crippen molar-refractivity contribution in [2.45, 2.75) is 133 Å². The first-order valence-electron chi connectivity index (χ1n) is 14.5. The molecule has 2 aliphatic rings. The van der Waals surface area contributed by atoms with Gasteiger partial charge in [0, 0.05) is 12.0 Å². The molecule has 238 valence electrons. The van der Waals surface area contributed by atoms with Crippen LogP contribution in [-0.4, -0.2) is 117 Å².